The second kappa shape index (κ2) is 7.79. The third-order valence-corrected chi connectivity index (χ3v) is 5.84. The molecule has 0 atom stereocenters. The van der Waals surface area contributed by atoms with E-state index in [1.807, 2.05) is 24.3 Å². The molecule has 2 aromatic heterocycles. The van der Waals surface area contributed by atoms with Gasteiger partial charge >= 0.3 is 0 Å². The molecule has 28 heavy (non-hydrogen) atoms. The normalized spacial score (nSPS) is 10.8. The highest BCUT2D eigenvalue weighted by Gasteiger charge is 2.16. The number of pyridine rings is 1. The molecular weight excluding hydrogens is 398 g/mol. The van der Waals surface area contributed by atoms with E-state index in [-0.39, 0.29) is 5.69 Å². The molecule has 2 heterocycles. The zero-order valence-electron chi connectivity index (χ0n) is 14.5. The Balaban J connectivity index is 1.59. The van der Waals surface area contributed by atoms with Crippen molar-refractivity contribution in [2.45, 2.75) is 9.24 Å². The van der Waals surface area contributed by atoms with Crippen LogP contribution in [0.3, 0.4) is 0 Å². The first-order valence-electron chi connectivity index (χ1n) is 8.07. The minimum absolute atomic E-state index is 0.0325. The van der Waals surface area contributed by atoms with E-state index in [2.05, 4.69) is 20.5 Å². The Kier molecular flexibility index (Phi) is 5.04. The lowest BCUT2D eigenvalue weighted by molar-refractivity contribution is -0.383. The number of nitrogens with one attached hydrogen (secondary N) is 1. The van der Waals surface area contributed by atoms with Crippen molar-refractivity contribution in [3.63, 3.8) is 0 Å². The Morgan fingerprint density at radius 1 is 1.18 bits per heavy atom. The number of nitro groups is 1. The fourth-order valence-electron chi connectivity index (χ4n) is 2.62. The van der Waals surface area contributed by atoms with E-state index in [9.17, 15) is 10.1 Å². The van der Waals surface area contributed by atoms with Crippen molar-refractivity contribution >= 4 is 50.4 Å². The Bertz CT molecular complexity index is 1160. The molecule has 0 fully saturated rings. The molecule has 4 aromatic rings. The third-order valence-electron chi connectivity index (χ3n) is 3.88. The van der Waals surface area contributed by atoms with Gasteiger partial charge in [0.1, 0.15) is 5.75 Å². The minimum Gasteiger partial charge on any atom is -0.497 e. The molecule has 8 nitrogen and oxygen atoms in total. The Morgan fingerprint density at radius 3 is 2.89 bits per heavy atom. The summed E-state index contributed by atoms with van der Waals surface area (Å²) >= 11 is 2.80. The molecule has 0 bridgehead atoms. The van der Waals surface area contributed by atoms with Crippen LogP contribution >= 0.6 is 23.1 Å². The number of ether oxygens (including phenoxy) is 1. The van der Waals surface area contributed by atoms with Crippen LogP contribution in [-0.2, 0) is 0 Å². The lowest BCUT2D eigenvalue weighted by Crippen LogP contribution is -1.91. The van der Waals surface area contributed by atoms with Crippen molar-refractivity contribution in [2.75, 3.05) is 12.4 Å². The average molecular weight is 411 g/mol. The van der Waals surface area contributed by atoms with Crippen LogP contribution in [0.25, 0.3) is 10.8 Å². The first-order chi connectivity index (χ1) is 13.6. The zero-order valence-corrected chi connectivity index (χ0v) is 16.2. The van der Waals surface area contributed by atoms with E-state index >= 15 is 0 Å². The summed E-state index contributed by atoms with van der Waals surface area (Å²) in [5, 5.41) is 24.7. The number of rotatable bonds is 6. The van der Waals surface area contributed by atoms with Crippen molar-refractivity contribution in [2.24, 2.45) is 0 Å². The molecule has 0 saturated heterocycles. The number of hydrogen-bond acceptors (Lipinski definition) is 9. The van der Waals surface area contributed by atoms with Crippen LogP contribution < -0.4 is 10.1 Å². The molecule has 4 rings (SSSR count). The van der Waals surface area contributed by atoms with Crippen molar-refractivity contribution in [3.05, 3.63) is 65.0 Å². The molecule has 0 saturated carbocycles. The van der Waals surface area contributed by atoms with Gasteiger partial charge in [0, 0.05) is 40.5 Å². The SMILES string of the molecule is COc1cccc(Nc2nnc(Sc3ccc([N+](=O)[O-])c4cnccc34)s2)c1. The number of aromatic nitrogens is 3. The third kappa shape index (κ3) is 3.73. The Hall–Kier alpha value is -3.24. The van der Waals surface area contributed by atoms with Gasteiger partial charge in [-0.1, -0.05) is 29.2 Å². The van der Waals surface area contributed by atoms with Crippen LogP contribution in [0.2, 0.25) is 0 Å². The number of anilines is 2. The smallest absolute Gasteiger partial charge is 0.278 e. The van der Waals surface area contributed by atoms with Crippen molar-refractivity contribution in [1.82, 2.24) is 15.2 Å². The molecule has 0 amide bonds. The first-order valence-corrected chi connectivity index (χ1v) is 9.71. The van der Waals surface area contributed by atoms with Crippen LogP contribution in [0.1, 0.15) is 0 Å². The highest BCUT2D eigenvalue weighted by Crippen LogP contribution is 2.39. The molecular formula is C18H13N5O3S2. The van der Waals surface area contributed by atoms with Crippen molar-refractivity contribution in [1.29, 1.82) is 0 Å². The zero-order chi connectivity index (χ0) is 19.5. The molecule has 10 heteroatoms. The van der Waals surface area contributed by atoms with Gasteiger partial charge in [-0.25, -0.2) is 0 Å². The minimum atomic E-state index is -0.403. The maximum atomic E-state index is 11.2. The van der Waals surface area contributed by atoms with Gasteiger partial charge in [0.15, 0.2) is 4.34 Å². The standard InChI is InChI=1S/C18H13N5O3S2/c1-26-12-4-2-3-11(9-12)20-17-21-22-18(28-17)27-16-6-5-15(23(24)25)14-10-19-8-7-13(14)16/h2-10H,1H3,(H,20,21). The van der Waals surface area contributed by atoms with Crippen LogP contribution in [0.15, 0.2) is 64.1 Å². The monoisotopic (exact) mass is 411 g/mol. The molecule has 0 aliphatic heterocycles. The van der Waals surface area contributed by atoms with E-state index in [1.54, 1.807) is 25.4 Å². The van der Waals surface area contributed by atoms with E-state index in [4.69, 9.17) is 4.74 Å². The summed E-state index contributed by atoms with van der Waals surface area (Å²) in [7, 11) is 1.61. The summed E-state index contributed by atoms with van der Waals surface area (Å²) in [5.41, 5.74) is 0.879. The number of fused-ring (bicyclic) bond motifs is 1. The quantitative estimate of drug-likeness (QED) is 0.353. The van der Waals surface area contributed by atoms with Gasteiger partial charge < -0.3 is 10.1 Å². The highest BCUT2D eigenvalue weighted by molar-refractivity contribution is 8.01. The second-order valence-corrected chi connectivity index (χ2v) is 7.86. The van der Waals surface area contributed by atoms with E-state index < -0.39 is 4.92 Å². The number of nitro benzene ring substituents is 1. The lowest BCUT2D eigenvalue weighted by Gasteiger charge is -2.05. The maximum absolute atomic E-state index is 11.2. The fourth-order valence-corrected chi connectivity index (χ4v) is 4.48. The number of hydrogen-bond donors (Lipinski definition) is 1. The first kappa shape index (κ1) is 18.1. The molecule has 2 aromatic carbocycles. The van der Waals surface area contributed by atoms with Gasteiger partial charge in [0.2, 0.25) is 5.13 Å². The second-order valence-electron chi connectivity index (χ2n) is 5.59. The fraction of sp³-hybridized carbons (Fsp3) is 0.0556. The highest BCUT2D eigenvalue weighted by atomic mass is 32.2. The summed E-state index contributed by atoms with van der Waals surface area (Å²) in [6, 6.07) is 12.5. The Labute approximate surface area is 167 Å². The van der Waals surface area contributed by atoms with Crippen molar-refractivity contribution < 1.29 is 9.66 Å². The molecule has 0 spiro atoms. The molecule has 140 valence electrons. The lowest BCUT2D eigenvalue weighted by atomic mass is 10.1. The maximum Gasteiger partial charge on any atom is 0.278 e. The largest absolute Gasteiger partial charge is 0.497 e. The Morgan fingerprint density at radius 2 is 2.07 bits per heavy atom. The van der Waals surface area contributed by atoms with E-state index in [1.165, 1.54) is 35.4 Å². The van der Waals surface area contributed by atoms with Gasteiger partial charge in [-0.2, -0.15) is 0 Å². The predicted octanol–water partition coefficient (Wildman–Crippen LogP) is 4.90. The number of methoxy groups -OCH3 is 1. The van der Waals surface area contributed by atoms with Crippen LogP contribution in [0.5, 0.6) is 5.75 Å². The molecule has 0 radical (unpaired) electrons. The van der Waals surface area contributed by atoms with Gasteiger partial charge in [0.25, 0.3) is 5.69 Å². The molecule has 0 aliphatic carbocycles. The van der Waals surface area contributed by atoms with E-state index in [0.29, 0.717) is 10.5 Å². The van der Waals surface area contributed by atoms with Gasteiger partial charge in [-0.05, 0) is 24.3 Å². The molecule has 0 aliphatic rings. The summed E-state index contributed by atoms with van der Waals surface area (Å²) in [5.74, 6) is 0.745. The summed E-state index contributed by atoms with van der Waals surface area (Å²) in [4.78, 5) is 15.7. The van der Waals surface area contributed by atoms with Gasteiger partial charge in [-0.3, -0.25) is 15.1 Å². The molecule has 0 unspecified atom stereocenters. The summed E-state index contributed by atoms with van der Waals surface area (Å²) in [6.45, 7) is 0. The summed E-state index contributed by atoms with van der Waals surface area (Å²) in [6.07, 6.45) is 3.12. The van der Waals surface area contributed by atoms with Crippen LogP contribution in [0, 0.1) is 10.1 Å². The number of non-ortho nitro benzene ring substituents is 1. The van der Waals surface area contributed by atoms with Crippen LogP contribution in [-0.4, -0.2) is 27.2 Å². The topological polar surface area (TPSA) is 103 Å². The van der Waals surface area contributed by atoms with Gasteiger partial charge in [-0.15, -0.1) is 10.2 Å². The average Bonchev–Trinajstić information content (AvgIpc) is 3.15. The van der Waals surface area contributed by atoms with Crippen molar-refractivity contribution in [3.8, 4) is 5.75 Å². The molecule has 1 N–H and O–H groups in total. The predicted molar refractivity (Wildman–Crippen MR) is 109 cm³/mol. The van der Waals surface area contributed by atoms with E-state index in [0.717, 1.165) is 26.1 Å². The van der Waals surface area contributed by atoms with Gasteiger partial charge in [0.05, 0.1) is 17.4 Å². The number of benzene rings is 2. The summed E-state index contributed by atoms with van der Waals surface area (Å²) < 4.78 is 5.93. The van der Waals surface area contributed by atoms with Crippen LogP contribution in [0.4, 0.5) is 16.5 Å². The number of nitrogens with zero attached hydrogens (tertiary/aromatic N) is 4.